The molecule has 1 amide bonds. The number of fused-ring (bicyclic) bond motifs is 1. The molecule has 0 radical (unpaired) electrons. The van der Waals surface area contributed by atoms with Crippen molar-refractivity contribution < 1.29 is 14.3 Å². The fourth-order valence-electron chi connectivity index (χ4n) is 3.75. The van der Waals surface area contributed by atoms with E-state index in [1.165, 1.54) is 0 Å². The van der Waals surface area contributed by atoms with Gasteiger partial charge in [-0.3, -0.25) is 19.7 Å². The highest BCUT2D eigenvalue weighted by molar-refractivity contribution is 6.02. The number of hydrogen-bond donors (Lipinski definition) is 1. The highest BCUT2D eigenvalue weighted by Crippen LogP contribution is 2.28. The van der Waals surface area contributed by atoms with Gasteiger partial charge in [-0.15, -0.1) is 0 Å². The fraction of sp³-hybridized carbons (Fsp3) is 0.304. The molecule has 4 rings (SSSR count). The molecular weight excluding hydrogens is 394 g/mol. The maximum Gasteiger partial charge on any atom is 0.258 e. The topological polar surface area (TPSA) is 89.5 Å². The molecule has 1 aliphatic rings. The lowest BCUT2D eigenvalue weighted by atomic mass is 10.1. The smallest absolute Gasteiger partial charge is 0.258 e. The van der Waals surface area contributed by atoms with Crippen LogP contribution >= 0.6 is 0 Å². The molecule has 0 aromatic carbocycles. The number of carbonyl (C=O) groups excluding carboxylic acids is 1. The third-order valence-electron chi connectivity index (χ3n) is 5.30. The molecule has 3 aromatic rings. The van der Waals surface area contributed by atoms with Crippen LogP contribution in [0.2, 0.25) is 0 Å². The van der Waals surface area contributed by atoms with Crippen LogP contribution in [0, 0.1) is 0 Å². The molecule has 0 bridgehead atoms. The van der Waals surface area contributed by atoms with Crippen LogP contribution in [0.1, 0.15) is 27.4 Å². The number of pyridine rings is 3. The van der Waals surface area contributed by atoms with Gasteiger partial charge in [-0.25, -0.2) is 0 Å². The van der Waals surface area contributed by atoms with Crippen LogP contribution in [0.15, 0.2) is 48.9 Å². The van der Waals surface area contributed by atoms with Crippen LogP contribution < -0.4 is 14.8 Å². The number of amides is 1. The summed E-state index contributed by atoms with van der Waals surface area (Å²) in [5.41, 5.74) is 3.94. The minimum absolute atomic E-state index is 0.0177. The van der Waals surface area contributed by atoms with E-state index in [9.17, 15) is 4.79 Å². The summed E-state index contributed by atoms with van der Waals surface area (Å²) in [6.07, 6.45) is 6.52. The van der Waals surface area contributed by atoms with E-state index in [4.69, 9.17) is 9.47 Å². The predicted molar refractivity (Wildman–Crippen MR) is 116 cm³/mol. The van der Waals surface area contributed by atoms with Gasteiger partial charge in [0, 0.05) is 44.5 Å². The molecule has 4 heterocycles. The summed E-state index contributed by atoms with van der Waals surface area (Å²) >= 11 is 0. The number of anilines is 1. The van der Waals surface area contributed by atoms with Crippen molar-refractivity contribution >= 4 is 11.6 Å². The van der Waals surface area contributed by atoms with Gasteiger partial charge in [0.1, 0.15) is 11.5 Å². The minimum Gasteiger partial charge on any atom is -0.495 e. The van der Waals surface area contributed by atoms with Crippen molar-refractivity contribution in [3.8, 4) is 11.5 Å². The van der Waals surface area contributed by atoms with Gasteiger partial charge in [0.05, 0.1) is 49.1 Å². The number of aromatic nitrogens is 3. The zero-order valence-corrected chi connectivity index (χ0v) is 17.7. The van der Waals surface area contributed by atoms with Crippen LogP contribution in [0.25, 0.3) is 0 Å². The van der Waals surface area contributed by atoms with Gasteiger partial charge < -0.3 is 19.7 Å². The number of nitrogens with one attached hydrogen (secondary N) is 1. The monoisotopic (exact) mass is 419 g/mol. The Balaban J connectivity index is 1.41. The second kappa shape index (κ2) is 9.42. The van der Waals surface area contributed by atoms with Crippen molar-refractivity contribution in [1.29, 1.82) is 0 Å². The molecule has 31 heavy (non-hydrogen) atoms. The van der Waals surface area contributed by atoms with Gasteiger partial charge in [0.25, 0.3) is 5.91 Å². The highest BCUT2D eigenvalue weighted by atomic mass is 16.5. The second-order valence-corrected chi connectivity index (χ2v) is 7.14. The summed E-state index contributed by atoms with van der Waals surface area (Å²) < 4.78 is 10.7. The van der Waals surface area contributed by atoms with Gasteiger partial charge >= 0.3 is 0 Å². The predicted octanol–water partition coefficient (Wildman–Crippen LogP) is 2.74. The second-order valence-electron chi connectivity index (χ2n) is 7.14. The standard InChI is InChI=1S/C23H25N5O3/c1-30-20-5-3-10-24-16(20)7-12-26-18-8-13-27-19-15-28(23(29)22(18)19)14-9-17-21(31-2)6-4-11-25-17/h3-6,8,10-11,13H,7,9,12,14-15H2,1-2H3,(H,26,27). The maximum absolute atomic E-state index is 13.1. The Labute approximate surface area is 181 Å². The number of hydrogen-bond acceptors (Lipinski definition) is 7. The molecule has 8 nitrogen and oxygen atoms in total. The summed E-state index contributed by atoms with van der Waals surface area (Å²) in [5, 5.41) is 3.37. The van der Waals surface area contributed by atoms with Crippen LogP contribution in [-0.4, -0.2) is 53.1 Å². The van der Waals surface area contributed by atoms with Gasteiger partial charge in [0.2, 0.25) is 0 Å². The molecule has 0 unspecified atom stereocenters. The van der Waals surface area contributed by atoms with E-state index in [2.05, 4.69) is 20.3 Å². The lowest BCUT2D eigenvalue weighted by Crippen LogP contribution is -2.27. The Morgan fingerprint density at radius 2 is 1.61 bits per heavy atom. The van der Waals surface area contributed by atoms with E-state index in [-0.39, 0.29) is 5.91 Å². The summed E-state index contributed by atoms with van der Waals surface area (Å²) in [7, 11) is 3.26. The Kier molecular flexibility index (Phi) is 6.26. The first-order valence-electron chi connectivity index (χ1n) is 10.2. The Hall–Kier alpha value is -3.68. The Morgan fingerprint density at radius 3 is 2.29 bits per heavy atom. The molecule has 1 N–H and O–H groups in total. The molecule has 0 saturated carbocycles. The lowest BCUT2D eigenvalue weighted by Gasteiger charge is -2.16. The minimum atomic E-state index is -0.0177. The number of carbonyl (C=O) groups is 1. The lowest BCUT2D eigenvalue weighted by molar-refractivity contribution is 0.0780. The van der Waals surface area contributed by atoms with E-state index >= 15 is 0 Å². The molecule has 0 fully saturated rings. The fourth-order valence-corrected chi connectivity index (χ4v) is 3.75. The number of rotatable bonds is 9. The molecular formula is C23H25N5O3. The first-order chi connectivity index (χ1) is 15.2. The Bertz CT molecular complexity index is 1070. The summed E-state index contributed by atoms with van der Waals surface area (Å²) in [6, 6.07) is 9.30. The molecule has 0 spiro atoms. The summed E-state index contributed by atoms with van der Waals surface area (Å²) in [5.74, 6) is 1.48. The zero-order valence-electron chi connectivity index (χ0n) is 17.7. The number of ether oxygens (including phenoxy) is 2. The largest absolute Gasteiger partial charge is 0.495 e. The van der Waals surface area contributed by atoms with E-state index in [1.807, 2.05) is 30.3 Å². The van der Waals surface area contributed by atoms with Crippen molar-refractivity contribution in [3.05, 3.63) is 71.6 Å². The molecule has 160 valence electrons. The molecule has 8 heteroatoms. The zero-order chi connectivity index (χ0) is 21.6. The van der Waals surface area contributed by atoms with Crippen molar-refractivity contribution in [3.63, 3.8) is 0 Å². The average molecular weight is 419 g/mol. The quantitative estimate of drug-likeness (QED) is 0.570. The maximum atomic E-state index is 13.1. The third-order valence-corrected chi connectivity index (χ3v) is 5.30. The Morgan fingerprint density at radius 1 is 0.935 bits per heavy atom. The number of methoxy groups -OCH3 is 2. The van der Waals surface area contributed by atoms with Crippen LogP contribution in [0.3, 0.4) is 0 Å². The van der Waals surface area contributed by atoms with Crippen molar-refractivity contribution in [1.82, 2.24) is 19.9 Å². The van der Waals surface area contributed by atoms with Gasteiger partial charge in [-0.2, -0.15) is 0 Å². The first-order valence-corrected chi connectivity index (χ1v) is 10.2. The first kappa shape index (κ1) is 20.6. The van der Waals surface area contributed by atoms with Crippen molar-refractivity contribution in [2.24, 2.45) is 0 Å². The summed E-state index contributed by atoms with van der Waals surface area (Å²) in [4.78, 5) is 28.1. The van der Waals surface area contributed by atoms with Gasteiger partial charge in [-0.1, -0.05) is 0 Å². The van der Waals surface area contributed by atoms with Crippen molar-refractivity contribution in [2.75, 3.05) is 32.6 Å². The normalized spacial score (nSPS) is 12.6. The van der Waals surface area contributed by atoms with E-state index < -0.39 is 0 Å². The van der Waals surface area contributed by atoms with Gasteiger partial charge in [0.15, 0.2) is 0 Å². The van der Waals surface area contributed by atoms with Gasteiger partial charge in [-0.05, 0) is 30.3 Å². The molecule has 0 aliphatic carbocycles. The average Bonchev–Trinajstić information content (AvgIpc) is 3.14. The van der Waals surface area contributed by atoms with E-state index in [0.717, 1.165) is 34.3 Å². The molecule has 3 aromatic heterocycles. The molecule has 0 saturated heterocycles. The van der Waals surface area contributed by atoms with Crippen LogP contribution in [0.5, 0.6) is 11.5 Å². The van der Waals surface area contributed by atoms with E-state index in [0.29, 0.717) is 38.0 Å². The highest BCUT2D eigenvalue weighted by Gasteiger charge is 2.31. The van der Waals surface area contributed by atoms with Crippen molar-refractivity contribution in [2.45, 2.75) is 19.4 Å². The number of nitrogens with zero attached hydrogens (tertiary/aromatic N) is 4. The van der Waals surface area contributed by atoms with Crippen LogP contribution in [0.4, 0.5) is 5.69 Å². The third kappa shape index (κ3) is 4.42. The van der Waals surface area contributed by atoms with Crippen LogP contribution in [-0.2, 0) is 19.4 Å². The molecule has 1 aliphatic heterocycles. The summed E-state index contributed by atoms with van der Waals surface area (Å²) in [6.45, 7) is 1.67. The van der Waals surface area contributed by atoms with E-state index in [1.54, 1.807) is 37.7 Å². The SMILES string of the molecule is COc1cccnc1CCNc1ccnc2c1C(=O)N(CCc1ncccc1OC)C2. The molecule has 0 atom stereocenters.